The van der Waals surface area contributed by atoms with Crippen LogP contribution in [0.1, 0.15) is 0 Å². The van der Waals surface area contributed by atoms with Gasteiger partial charge < -0.3 is 15.4 Å². The van der Waals surface area contributed by atoms with E-state index in [1.54, 1.807) is 11.9 Å². The number of methoxy groups -OCH3 is 1. The highest BCUT2D eigenvalue weighted by atomic mass is 16.5. The summed E-state index contributed by atoms with van der Waals surface area (Å²) in [5.41, 5.74) is 4.60. The Kier molecular flexibility index (Phi) is 2.67. The average Bonchev–Trinajstić information content (AvgIpc) is 2.12. The minimum Gasteiger partial charge on any atom is -0.491 e. The summed E-state index contributed by atoms with van der Waals surface area (Å²) in [6, 6.07) is 0. The Morgan fingerprint density at radius 2 is 2.00 bits per heavy atom. The summed E-state index contributed by atoms with van der Waals surface area (Å²) in [7, 11) is 3.07. The Bertz CT molecular complexity index is 365. The van der Waals surface area contributed by atoms with E-state index in [1.165, 1.54) is 7.11 Å². The minimum absolute atomic E-state index is 0.140. The second-order valence-electron chi connectivity index (χ2n) is 2.75. The topological polar surface area (TPSA) is 72.6 Å². The molecule has 0 heterocycles. The van der Waals surface area contributed by atoms with Crippen LogP contribution in [0.15, 0.2) is 9.59 Å². The molecule has 0 aliphatic carbocycles. The lowest BCUT2D eigenvalue weighted by Crippen LogP contribution is -2.41. The van der Waals surface area contributed by atoms with Crippen molar-refractivity contribution in [3.05, 3.63) is 20.4 Å². The van der Waals surface area contributed by atoms with Gasteiger partial charge in [-0.1, -0.05) is 0 Å². The van der Waals surface area contributed by atoms with Crippen molar-refractivity contribution in [3.8, 4) is 5.75 Å². The second kappa shape index (κ2) is 3.57. The molecule has 0 radical (unpaired) electrons. The van der Waals surface area contributed by atoms with E-state index in [1.807, 2.05) is 0 Å². The van der Waals surface area contributed by atoms with Gasteiger partial charge in [0.05, 0.1) is 7.11 Å². The molecule has 5 nitrogen and oxygen atoms in total. The predicted molar refractivity (Wildman–Crippen MR) is 50.2 cm³/mol. The zero-order valence-electron chi connectivity index (χ0n) is 7.66. The van der Waals surface area contributed by atoms with Crippen LogP contribution in [-0.2, 0) is 0 Å². The summed E-state index contributed by atoms with van der Waals surface area (Å²) in [6.45, 7) is 0.958. The summed E-state index contributed by atoms with van der Waals surface area (Å²) in [6.07, 6.45) is 0. The van der Waals surface area contributed by atoms with Crippen molar-refractivity contribution in [1.29, 1.82) is 0 Å². The molecule has 0 unspecified atom stereocenters. The highest BCUT2D eigenvalue weighted by Gasteiger charge is 2.24. The Morgan fingerprint density at radius 3 is 2.46 bits per heavy atom. The molecule has 0 bridgehead atoms. The van der Waals surface area contributed by atoms with E-state index in [0.717, 1.165) is 0 Å². The summed E-state index contributed by atoms with van der Waals surface area (Å²) >= 11 is 0. The lowest BCUT2D eigenvalue weighted by atomic mass is 10.2. The SMILES string of the molecule is COc1c(N(C)CCN)c(=O)c1=O. The Labute approximate surface area is 75.4 Å². The third-order valence-electron chi connectivity index (χ3n) is 1.89. The normalized spacial score (nSPS) is 10.4. The molecule has 1 aromatic rings. The first-order valence-electron chi connectivity index (χ1n) is 3.92. The van der Waals surface area contributed by atoms with E-state index in [2.05, 4.69) is 0 Å². The van der Waals surface area contributed by atoms with Gasteiger partial charge in [0.2, 0.25) is 0 Å². The number of nitrogens with two attached hydrogens (primary N) is 1. The number of likely N-dealkylation sites (N-methyl/N-ethyl adjacent to an activating group) is 1. The summed E-state index contributed by atoms with van der Waals surface area (Å²) in [5.74, 6) is 0.140. The number of anilines is 1. The molecule has 0 spiro atoms. The van der Waals surface area contributed by atoms with Crippen LogP contribution >= 0.6 is 0 Å². The van der Waals surface area contributed by atoms with Crippen molar-refractivity contribution in [2.45, 2.75) is 0 Å². The fourth-order valence-corrected chi connectivity index (χ4v) is 1.20. The zero-order chi connectivity index (χ0) is 10.0. The summed E-state index contributed by atoms with van der Waals surface area (Å²) < 4.78 is 4.78. The maximum Gasteiger partial charge on any atom is 0.272 e. The molecule has 2 N–H and O–H groups in total. The van der Waals surface area contributed by atoms with Crippen molar-refractivity contribution in [3.63, 3.8) is 0 Å². The average molecular weight is 184 g/mol. The molecule has 0 aliphatic rings. The number of hydrogen-bond acceptors (Lipinski definition) is 5. The van der Waals surface area contributed by atoms with Crippen molar-refractivity contribution >= 4 is 5.69 Å². The van der Waals surface area contributed by atoms with Crippen LogP contribution in [0.5, 0.6) is 5.75 Å². The third kappa shape index (κ3) is 1.42. The molecule has 13 heavy (non-hydrogen) atoms. The van der Waals surface area contributed by atoms with E-state index in [0.29, 0.717) is 18.8 Å². The molecule has 0 atom stereocenters. The van der Waals surface area contributed by atoms with Crippen LogP contribution < -0.4 is 26.2 Å². The van der Waals surface area contributed by atoms with E-state index in [-0.39, 0.29) is 5.75 Å². The maximum absolute atomic E-state index is 11.1. The first kappa shape index (κ1) is 9.73. The quantitative estimate of drug-likeness (QED) is 0.588. The van der Waals surface area contributed by atoms with Crippen molar-refractivity contribution < 1.29 is 4.74 Å². The molecule has 0 saturated heterocycles. The van der Waals surface area contributed by atoms with Crippen LogP contribution in [0.4, 0.5) is 5.69 Å². The Balaban J connectivity index is 2.95. The predicted octanol–water partition coefficient (Wildman–Crippen LogP) is -1.31. The molecule has 0 saturated carbocycles. The summed E-state index contributed by atoms with van der Waals surface area (Å²) in [5, 5.41) is 0. The van der Waals surface area contributed by atoms with Gasteiger partial charge in [-0.2, -0.15) is 0 Å². The molecule has 0 fully saturated rings. The van der Waals surface area contributed by atoms with Gasteiger partial charge in [-0.25, -0.2) is 0 Å². The van der Waals surface area contributed by atoms with Crippen molar-refractivity contribution in [2.75, 3.05) is 32.1 Å². The third-order valence-corrected chi connectivity index (χ3v) is 1.89. The van der Waals surface area contributed by atoms with Crippen molar-refractivity contribution in [1.82, 2.24) is 0 Å². The molecule has 72 valence electrons. The first-order valence-corrected chi connectivity index (χ1v) is 3.92. The molecule has 5 heteroatoms. The zero-order valence-corrected chi connectivity index (χ0v) is 7.66. The molecule has 0 aliphatic heterocycles. The van der Waals surface area contributed by atoms with Gasteiger partial charge >= 0.3 is 0 Å². The number of hydrogen-bond donors (Lipinski definition) is 1. The smallest absolute Gasteiger partial charge is 0.272 e. The van der Waals surface area contributed by atoms with E-state index in [9.17, 15) is 9.59 Å². The molecule has 1 rings (SSSR count). The van der Waals surface area contributed by atoms with E-state index in [4.69, 9.17) is 10.5 Å². The molecule has 0 aromatic heterocycles. The van der Waals surface area contributed by atoms with Gasteiger partial charge in [0, 0.05) is 20.1 Å². The van der Waals surface area contributed by atoms with E-state index < -0.39 is 10.9 Å². The second-order valence-corrected chi connectivity index (χ2v) is 2.75. The van der Waals surface area contributed by atoms with Gasteiger partial charge in [-0.15, -0.1) is 0 Å². The van der Waals surface area contributed by atoms with Gasteiger partial charge in [-0.05, 0) is 0 Å². The van der Waals surface area contributed by atoms with Crippen molar-refractivity contribution in [2.24, 2.45) is 5.73 Å². The molecular weight excluding hydrogens is 172 g/mol. The number of ether oxygens (including phenoxy) is 1. The fraction of sp³-hybridized carbons (Fsp3) is 0.500. The lowest BCUT2D eigenvalue weighted by molar-refractivity contribution is 0.405. The van der Waals surface area contributed by atoms with Crippen LogP contribution in [0.3, 0.4) is 0 Å². The van der Waals surface area contributed by atoms with Crippen LogP contribution in [-0.4, -0.2) is 27.2 Å². The van der Waals surface area contributed by atoms with E-state index >= 15 is 0 Å². The minimum atomic E-state index is -0.554. The number of rotatable bonds is 4. The summed E-state index contributed by atoms with van der Waals surface area (Å²) in [4.78, 5) is 23.6. The monoisotopic (exact) mass is 184 g/mol. The van der Waals surface area contributed by atoms with Gasteiger partial charge in [0.1, 0.15) is 5.69 Å². The van der Waals surface area contributed by atoms with Crippen LogP contribution in [0.25, 0.3) is 0 Å². The Hall–Kier alpha value is -1.36. The fourth-order valence-electron chi connectivity index (χ4n) is 1.20. The van der Waals surface area contributed by atoms with Crippen LogP contribution in [0.2, 0.25) is 0 Å². The number of nitrogens with zero attached hydrogens (tertiary/aromatic N) is 1. The maximum atomic E-state index is 11.1. The Morgan fingerprint density at radius 1 is 1.38 bits per heavy atom. The molecule has 1 aromatic carbocycles. The molecular formula is C8H12N2O3. The van der Waals surface area contributed by atoms with Gasteiger partial charge in [0.25, 0.3) is 10.9 Å². The van der Waals surface area contributed by atoms with Gasteiger partial charge in [0.15, 0.2) is 5.75 Å². The standard InChI is InChI=1S/C8H12N2O3/c1-10(4-3-9)5-6(11)7(12)8(5)13-2/h3-4,9H2,1-2H3. The first-order chi connectivity index (χ1) is 6.13. The van der Waals surface area contributed by atoms with Crippen LogP contribution in [0, 0.1) is 0 Å². The highest BCUT2D eigenvalue weighted by molar-refractivity contribution is 5.63. The lowest BCUT2D eigenvalue weighted by Gasteiger charge is -2.20. The van der Waals surface area contributed by atoms with Gasteiger partial charge in [-0.3, -0.25) is 9.59 Å². The largest absolute Gasteiger partial charge is 0.491 e. The molecule has 0 amide bonds. The highest BCUT2D eigenvalue weighted by Crippen LogP contribution is 2.19.